The third-order valence-electron chi connectivity index (χ3n) is 3.00. The molecule has 0 N–H and O–H groups in total. The molecule has 0 fully saturated rings. The maximum Gasteiger partial charge on any atom is 0.178 e. The van der Waals surface area contributed by atoms with Gasteiger partial charge >= 0.3 is 0 Å². The van der Waals surface area contributed by atoms with Crippen LogP contribution in [0.3, 0.4) is 0 Å². The molecular weight excluding hydrogens is 254 g/mol. The molecule has 0 radical (unpaired) electrons. The molecule has 0 aromatic heterocycles. The van der Waals surface area contributed by atoms with Crippen LogP contribution in [0.2, 0.25) is 0 Å². The van der Waals surface area contributed by atoms with Gasteiger partial charge in [0.1, 0.15) is 17.2 Å². The van der Waals surface area contributed by atoms with Gasteiger partial charge in [0.15, 0.2) is 5.78 Å². The summed E-state index contributed by atoms with van der Waals surface area (Å²) in [4.78, 5) is 15.7. The Kier molecular flexibility index (Phi) is 4.35. The van der Waals surface area contributed by atoms with E-state index >= 15 is 0 Å². The Bertz CT molecular complexity index is 590. The number of hydrogen-bond donors (Lipinski definition) is 0. The molecule has 0 saturated heterocycles. The van der Waals surface area contributed by atoms with Gasteiger partial charge in [-0.05, 0) is 35.8 Å². The number of allylic oxidation sites excluding steroid dienone is 2. The van der Waals surface area contributed by atoms with E-state index in [9.17, 15) is 4.79 Å². The summed E-state index contributed by atoms with van der Waals surface area (Å²) in [6, 6.07) is 5.60. The van der Waals surface area contributed by atoms with E-state index in [-0.39, 0.29) is 5.78 Å². The quantitative estimate of drug-likeness (QED) is 0.845. The molecule has 0 spiro atoms. The summed E-state index contributed by atoms with van der Waals surface area (Å²) >= 11 is 0. The lowest BCUT2D eigenvalue weighted by molar-refractivity contribution is -0.111. The van der Waals surface area contributed by atoms with Crippen molar-refractivity contribution in [2.45, 2.75) is 13.3 Å². The Morgan fingerprint density at radius 3 is 2.40 bits per heavy atom. The fourth-order valence-corrected chi connectivity index (χ4v) is 2.04. The second kappa shape index (κ2) is 6.19. The smallest absolute Gasteiger partial charge is 0.178 e. The molecule has 2 rings (SSSR count). The van der Waals surface area contributed by atoms with Crippen molar-refractivity contribution in [2.24, 2.45) is 4.99 Å². The summed E-state index contributed by atoms with van der Waals surface area (Å²) in [5.74, 6) is 1.39. The van der Waals surface area contributed by atoms with Crippen LogP contribution in [0.5, 0.6) is 11.5 Å². The highest BCUT2D eigenvalue weighted by atomic mass is 16.5. The van der Waals surface area contributed by atoms with Gasteiger partial charge in [-0.2, -0.15) is 0 Å². The SMILES string of the molecule is COc1cc(C=C2CC=CN=C2C(C)=O)cc(OC)c1. The number of rotatable bonds is 4. The Labute approximate surface area is 118 Å². The van der Waals surface area contributed by atoms with Crippen molar-refractivity contribution in [3.8, 4) is 11.5 Å². The van der Waals surface area contributed by atoms with E-state index in [1.807, 2.05) is 30.4 Å². The topological polar surface area (TPSA) is 47.9 Å². The maximum absolute atomic E-state index is 11.6. The van der Waals surface area contributed by atoms with Crippen LogP contribution in [0.25, 0.3) is 6.08 Å². The fourth-order valence-electron chi connectivity index (χ4n) is 2.04. The third kappa shape index (κ3) is 3.15. The molecule has 4 nitrogen and oxygen atoms in total. The highest BCUT2D eigenvalue weighted by molar-refractivity contribution is 6.46. The number of nitrogens with zero attached hydrogens (tertiary/aromatic N) is 1. The van der Waals surface area contributed by atoms with E-state index in [2.05, 4.69) is 4.99 Å². The lowest BCUT2D eigenvalue weighted by atomic mass is 9.99. The molecule has 0 aliphatic carbocycles. The van der Waals surface area contributed by atoms with Crippen LogP contribution in [-0.2, 0) is 4.79 Å². The minimum atomic E-state index is -0.0320. The molecule has 0 bridgehead atoms. The zero-order valence-electron chi connectivity index (χ0n) is 11.8. The van der Waals surface area contributed by atoms with Crippen molar-refractivity contribution in [1.82, 2.24) is 0 Å². The summed E-state index contributed by atoms with van der Waals surface area (Å²) in [6.45, 7) is 1.53. The third-order valence-corrected chi connectivity index (χ3v) is 3.00. The Balaban J connectivity index is 2.41. The maximum atomic E-state index is 11.6. The van der Waals surface area contributed by atoms with Crippen molar-refractivity contribution < 1.29 is 14.3 Å². The molecule has 1 aliphatic heterocycles. The van der Waals surface area contributed by atoms with Crippen molar-refractivity contribution >= 4 is 17.6 Å². The first-order valence-corrected chi connectivity index (χ1v) is 6.32. The van der Waals surface area contributed by atoms with Crippen molar-refractivity contribution in [2.75, 3.05) is 14.2 Å². The molecule has 0 atom stereocenters. The lowest BCUT2D eigenvalue weighted by Gasteiger charge is -2.11. The van der Waals surface area contributed by atoms with E-state index in [0.717, 1.165) is 11.1 Å². The van der Waals surface area contributed by atoms with E-state index in [0.29, 0.717) is 23.6 Å². The largest absolute Gasteiger partial charge is 0.497 e. The summed E-state index contributed by atoms with van der Waals surface area (Å²) in [7, 11) is 3.22. The van der Waals surface area contributed by atoms with Crippen LogP contribution in [0.15, 0.2) is 41.0 Å². The number of carbonyl (C=O) groups excluding carboxylic acids is 1. The second-order valence-electron chi connectivity index (χ2n) is 4.44. The average Bonchev–Trinajstić information content (AvgIpc) is 2.47. The van der Waals surface area contributed by atoms with E-state index in [1.165, 1.54) is 6.92 Å². The predicted octanol–water partition coefficient (Wildman–Crippen LogP) is 3.03. The van der Waals surface area contributed by atoms with Crippen molar-refractivity contribution in [3.05, 3.63) is 41.6 Å². The normalized spacial score (nSPS) is 15.9. The van der Waals surface area contributed by atoms with E-state index in [4.69, 9.17) is 9.47 Å². The second-order valence-corrected chi connectivity index (χ2v) is 4.44. The lowest BCUT2D eigenvalue weighted by Crippen LogP contribution is -2.14. The van der Waals surface area contributed by atoms with Gasteiger partial charge < -0.3 is 9.47 Å². The zero-order valence-corrected chi connectivity index (χ0v) is 11.8. The van der Waals surface area contributed by atoms with E-state index in [1.54, 1.807) is 20.4 Å². The van der Waals surface area contributed by atoms with Crippen LogP contribution in [0, 0.1) is 0 Å². The monoisotopic (exact) mass is 271 g/mol. The number of ketones is 1. The zero-order chi connectivity index (χ0) is 14.5. The van der Waals surface area contributed by atoms with Gasteiger partial charge in [0.2, 0.25) is 0 Å². The fraction of sp³-hybridized carbons (Fsp3) is 0.250. The van der Waals surface area contributed by atoms with Crippen LogP contribution in [-0.4, -0.2) is 25.7 Å². The Hall–Kier alpha value is -2.36. The first kappa shape index (κ1) is 14.1. The highest BCUT2D eigenvalue weighted by Crippen LogP contribution is 2.25. The molecule has 0 unspecified atom stereocenters. The van der Waals surface area contributed by atoms with Gasteiger partial charge in [0.25, 0.3) is 0 Å². The Morgan fingerprint density at radius 1 is 1.20 bits per heavy atom. The number of benzene rings is 1. The average molecular weight is 271 g/mol. The van der Waals surface area contributed by atoms with Gasteiger partial charge in [-0.1, -0.05) is 6.08 Å². The molecule has 4 heteroatoms. The highest BCUT2D eigenvalue weighted by Gasteiger charge is 2.13. The van der Waals surface area contributed by atoms with E-state index < -0.39 is 0 Å². The van der Waals surface area contributed by atoms with Gasteiger partial charge in [-0.15, -0.1) is 0 Å². The molecule has 1 aromatic rings. The first-order chi connectivity index (χ1) is 9.63. The summed E-state index contributed by atoms with van der Waals surface area (Å²) < 4.78 is 10.5. The minimum absolute atomic E-state index is 0.0320. The number of carbonyl (C=O) groups is 1. The van der Waals surface area contributed by atoms with Crippen LogP contribution >= 0.6 is 0 Å². The first-order valence-electron chi connectivity index (χ1n) is 6.32. The van der Waals surface area contributed by atoms with Gasteiger partial charge in [0.05, 0.1) is 14.2 Å². The molecular formula is C16H17NO3. The minimum Gasteiger partial charge on any atom is -0.497 e. The van der Waals surface area contributed by atoms with Crippen LogP contribution in [0.1, 0.15) is 18.9 Å². The molecule has 20 heavy (non-hydrogen) atoms. The molecule has 1 aliphatic rings. The Morgan fingerprint density at radius 2 is 1.85 bits per heavy atom. The number of ether oxygens (including phenoxy) is 2. The molecule has 0 saturated carbocycles. The summed E-state index contributed by atoms with van der Waals surface area (Å²) in [5, 5.41) is 0. The number of hydrogen-bond acceptors (Lipinski definition) is 4. The predicted molar refractivity (Wildman–Crippen MR) is 79.4 cm³/mol. The number of methoxy groups -OCH3 is 2. The van der Waals surface area contributed by atoms with Crippen molar-refractivity contribution in [1.29, 1.82) is 0 Å². The van der Waals surface area contributed by atoms with Gasteiger partial charge in [0, 0.05) is 19.2 Å². The number of Topliss-reactive ketones (excluding diaryl/α,β-unsaturated/α-hetero) is 1. The van der Waals surface area contributed by atoms with Gasteiger partial charge in [-0.3, -0.25) is 9.79 Å². The van der Waals surface area contributed by atoms with Crippen LogP contribution < -0.4 is 9.47 Å². The number of aliphatic imine (C=N–C) groups is 1. The standard InChI is InChI=1S/C16H17NO3/c1-11(18)16-13(5-4-6-17-16)7-12-8-14(19-2)10-15(9-12)20-3/h4,6-10H,5H2,1-3H3. The van der Waals surface area contributed by atoms with Gasteiger partial charge in [-0.25, -0.2) is 0 Å². The summed E-state index contributed by atoms with van der Waals surface area (Å²) in [5.41, 5.74) is 2.32. The molecule has 1 aromatic carbocycles. The van der Waals surface area contributed by atoms with Crippen molar-refractivity contribution in [3.63, 3.8) is 0 Å². The molecule has 0 amide bonds. The molecule has 1 heterocycles. The summed E-state index contributed by atoms with van der Waals surface area (Å²) in [6.07, 6.45) is 6.22. The van der Waals surface area contributed by atoms with Crippen LogP contribution in [0.4, 0.5) is 0 Å². The molecule has 104 valence electrons.